The van der Waals surface area contributed by atoms with Crippen molar-refractivity contribution in [2.75, 3.05) is 0 Å². The zero-order valence-electron chi connectivity index (χ0n) is 75.9. The van der Waals surface area contributed by atoms with Gasteiger partial charge in [0.1, 0.15) is 16.7 Å². The Morgan fingerprint density at radius 2 is 0.644 bits per heavy atom. The van der Waals surface area contributed by atoms with Crippen molar-refractivity contribution in [3.8, 4) is 90.1 Å². The molecule has 11 aromatic heterocycles. The zero-order chi connectivity index (χ0) is 89.8. The number of nitrogens with zero attached hydrogens (tertiary/aromatic N) is 8. The predicted molar refractivity (Wildman–Crippen MR) is 531 cm³/mol. The van der Waals surface area contributed by atoms with Crippen LogP contribution in [0.1, 0.15) is 82.3 Å². The molecule has 683 valence electrons. The van der Waals surface area contributed by atoms with Crippen molar-refractivity contribution in [3.63, 3.8) is 0 Å². The maximum Gasteiger partial charge on any atom is 0.124 e. The molecule has 0 saturated carbocycles. The van der Waals surface area contributed by atoms with Gasteiger partial charge < -0.3 is 53.1 Å². The summed E-state index contributed by atoms with van der Waals surface area (Å²) >= 11 is 0. The van der Waals surface area contributed by atoms with Crippen LogP contribution in [0.5, 0.6) is 0 Å². The molecular formula is C119H96Ir5N8O3-8. The van der Waals surface area contributed by atoms with Crippen LogP contribution in [0.2, 0.25) is 0 Å². The number of hydrogen-bond donors (Lipinski definition) is 0. The number of pyridine rings is 8. The predicted octanol–water partition coefficient (Wildman–Crippen LogP) is 30.3. The van der Waals surface area contributed by atoms with E-state index in [2.05, 4.69) is 210 Å². The van der Waals surface area contributed by atoms with Gasteiger partial charge in [0.15, 0.2) is 0 Å². The third-order valence-corrected chi connectivity index (χ3v) is 21.1. The molecule has 0 unspecified atom stereocenters. The summed E-state index contributed by atoms with van der Waals surface area (Å²) < 4.78 is 18.5. The zero-order valence-corrected chi connectivity index (χ0v) is 87.8. The van der Waals surface area contributed by atoms with Crippen LogP contribution in [0, 0.1) is 68.3 Å². The van der Waals surface area contributed by atoms with Crippen LogP contribution in [0.4, 0.5) is 0 Å². The van der Waals surface area contributed by atoms with Crippen LogP contribution in [-0.2, 0) is 112 Å². The number of aryl methyl sites for hydroxylation is 2. The minimum atomic E-state index is 0. The first kappa shape index (κ1) is 104. The van der Waals surface area contributed by atoms with E-state index in [0.717, 1.165) is 163 Å². The van der Waals surface area contributed by atoms with Gasteiger partial charge in [0.2, 0.25) is 0 Å². The first-order chi connectivity index (χ1) is 63.6. The third-order valence-electron chi connectivity index (χ3n) is 21.1. The van der Waals surface area contributed by atoms with E-state index in [1.165, 1.54) is 27.6 Å². The number of hydrogen-bond acceptors (Lipinski definition) is 11. The van der Waals surface area contributed by atoms with Gasteiger partial charge in [-0.3, -0.25) is 0 Å². The fourth-order valence-electron chi connectivity index (χ4n) is 14.6. The Morgan fingerprint density at radius 3 is 1.06 bits per heavy atom. The van der Waals surface area contributed by atoms with Gasteiger partial charge in [-0.2, -0.15) is 0 Å². The largest absolute Gasteiger partial charge is 0.501 e. The molecule has 0 fully saturated rings. The standard InChI is InChI=1S/C21H18NO.C20H16NO.C17H10NO.C15H16N.2C12H10N.2C11H8N.5Ir/c1-14(2)13-15-7-5-8-16-17-9-6-10-18(21(17)23-20(15)16)19-11-3-4-12-22-19;1-13(2)14-7-5-8-15-16-9-6-10-17(20(16)22-19(14)15)18-11-3-4-12-21-18;1-2-10-16-12(6-1)13-7-5-8-14(17(13)19-16)15-9-3-4-11-18-15;1-15(2,3)13-9-10-16-14(11-13)12-7-5-4-6-8-12;1-10-6-5-9-12(13-10)11-7-3-2-4-8-11;1-10-7-8-12(13-9-10)11-5-3-2-4-6-11;2*1-2-6-10(7-3-1)11-8-4-5-9-12-11;;;;;/h3-9,11-12,14H,13H2,1-2H3;3-9,11-13H,1-2H3;1-7,9-11H;4-7,9-11H,1-3H3;2-7,9H,1H3;2-5,7-9H,1H3;2*1-6,8-9H;;;;;/q8*-1;;;;;. The van der Waals surface area contributed by atoms with Crippen LogP contribution in [0.15, 0.2) is 408 Å². The van der Waals surface area contributed by atoms with E-state index in [9.17, 15) is 0 Å². The van der Waals surface area contributed by atoms with Crippen molar-refractivity contribution >= 4 is 65.8 Å². The number of fused-ring (bicyclic) bond motifs is 9. The van der Waals surface area contributed by atoms with E-state index in [4.69, 9.17) is 13.3 Å². The Kier molecular flexibility index (Phi) is 40.4. The van der Waals surface area contributed by atoms with Crippen molar-refractivity contribution in [1.29, 1.82) is 0 Å². The number of para-hydroxylation sites is 3. The second-order valence-corrected chi connectivity index (χ2v) is 32.4. The summed E-state index contributed by atoms with van der Waals surface area (Å²) in [4.78, 5) is 34.8. The molecule has 0 amide bonds. The van der Waals surface area contributed by atoms with Gasteiger partial charge in [0, 0.05) is 166 Å². The minimum Gasteiger partial charge on any atom is -0.501 e. The molecule has 0 saturated heterocycles. The van der Waals surface area contributed by atoms with Crippen LogP contribution < -0.4 is 0 Å². The number of rotatable bonds is 11. The molecule has 5 radical (unpaired) electrons. The van der Waals surface area contributed by atoms with Gasteiger partial charge in [-0.15, -0.1) is 234 Å². The average Bonchev–Trinajstić information content (AvgIpc) is 1.61. The summed E-state index contributed by atoms with van der Waals surface area (Å²) in [6, 6.07) is 141. The smallest absolute Gasteiger partial charge is 0.124 e. The molecule has 0 bridgehead atoms. The second kappa shape index (κ2) is 52.2. The molecule has 0 aliphatic carbocycles. The summed E-state index contributed by atoms with van der Waals surface area (Å²) in [7, 11) is 0. The maximum absolute atomic E-state index is 6.30. The molecule has 0 aliphatic heterocycles. The molecule has 0 atom stereocenters. The van der Waals surface area contributed by atoms with Crippen LogP contribution in [0.3, 0.4) is 0 Å². The Morgan fingerprint density at radius 1 is 0.281 bits per heavy atom. The Bertz CT molecular complexity index is 7140. The van der Waals surface area contributed by atoms with E-state index < -0.39 is 0 Å². The van der Waals surface area contributed by atoms with Gasteiger partial charge >= 0.3 is 0 Å². The third kappa shape index (κ3) is 28.0. The summed E-state index contributed by atoms with van der Waals surface area (Å²) in [5.74, 6) is 1.02. The fourth-order valence-corrected chi connectivity index (χ4v) is 14.6. The van der Waals surface area contributed by atoms with Gasteiger partial charge in [0.25, 0.3) is 0 Å². The molecule has 0 N–H and O–H groups in total. The van der Waals surface area contributed by atoms with Crippen LogP contribution in [-0.4, -0.2) is 39.9 Å². The summed E-state index contributed by atoms with van der Waals surface area (Å²) in [6.45, 7) is 19.5. The molecule has 11 heterocycles. The quantitative estimate of drug-likeness (QED) is 0.114. The van der Waals surface area contributed by atoms with E-state index in [1.807, 2.05) is 305 Å². The summed E-state index contributed by atoms with van der Waals surface area (Å²) in [5.41, 5.74) is 27.2. The van der Waals surface area contributed by atoms with E-state index in [1.54, 1.807) is 31.0 Å². The fraction of sp³-hybridized carbons (Fsp3) is 0.109. The molecule has 22 aromatic rings. The minimum absolute atomic E-state index is 0. The van der Waals surface area contributed by atoms with Crippen molar-refractivity contribution in [1.82, 2.24) is 39.9 Å². The van der Waals surface area contributed by atoms with Crippen molar-refractivity contribution in [2.45, 2.75) is 80.1 Å². The molecule has 11 nitrogen and oxygen atoms in total. The Labute approximate surface area is 859 Å². The normalized spacial score (nSPS) is 10.4. The molecule has 16 heteroatoms. The van der Waals surface area contributed by atoms with E-state index in [0.29, 0.717) is 11.8 Å². The molecule has 22 rings (SSSR count). The van der Waals surface area contributed by atoms with Gasteiger partial charge in [-0.1, -0.05) is 227 Å². The van der Waals surface area contributed by atoms with E-state index >= 15 is 0 Å². The summed E-state index contributed by atoms with van der Waals surface area (Å²) in [5, 5.41) is 6.82. The summed E-state index contributed by atoms with van der Waals surface area (Å²) in [6.07, 6.45) is 13.7. The van der Waals surface area contributed by atoms with Crippen molar-refractivity contribution < 1.29 is 114 Å². The molecule has 0 spiro atoms. The Balaban J connectivity index is 0.000000161. The maximum atomic E-state index is 6.30. The topological polar surface area (TPSA) is 143 Å². The number of aromatic nitrogens is 8. The molecule has 0 aliphatic rings. The number of benzene rings is 11. The van der Waals surface area contributed by atoms with Crippen LogP contribution >= 0.6 is 0 Å². The average molecular weight is 2650 g/mol. The van der Waals surface area contributed by atoms with Crippen LogP contribution in [0.25, 0.3) is 156 Å². The molecule has 11 aromatic carbocycles. The first-order valence-corrected chi connectivity index (χ1v) is 43.4. The molecular weight excluding hydrogens is 2550 g/mol. The van der Waals surface area contributed by atoms with E-state index in [-0.39, 0.29) is 106 Å². The second-order valence-electron chi connectivity index (χ2n) is 32.4. The molecule has 135 heavy (non-hydrogen) atoms. The van der Waals surface area contributed by atoms with Crippen molar-refractivity contribution in [3.05, 3.63) is 472 Å². The van der Waals surface area contributed by atoms with Gasteiger partial charge in [-0.25, -0.2) is 0 Å². The first-order valence-electron chi connectivity index (χ1n) is 43.4. The van der Waals surface area contributed by atoms with Gasteiger partial charge in [0.05, 0.1) is 16.7 Å². The Hall–Kier alpha value is -12.7. The van der Waals surface area contributed by atoms with Gasteiger partial charge in [-0.05, 0) is 154 Å². The SMILES string of the molecule is CC(C)(C)c1ccnc(-c2[c-]cccc2)c1.CC(C)Cc1cccc2c1oc1c(-c3ccccn3)[c-]ccc12.CC(C)c1cccc2c1oc1c(-c3ccccn3)[c-]ccc12.Cc1ccc(-c2[c-]cccc2)nc1.Cc1cccc(-c2[c-]cccc2)n1.[Ir].[Ir].[Ir].[Ir].[Ir].[c-]1ccc2c(oc3ccccc32)c1-c1ccccn1.[c-]1ccccc1-c1ccccn1.[c-]1ccccc1-c1ccccn1. The van der Waals surface area contributed by atoms with Crippen molar-refractivity contribution in [2.24, 2.45) is 5.92 Å². The number of furan rings is 3. The monoisotopic (exact) mass is 2650 g/mol.